The van der Waals surface area contributed by atoms with Crippen molar-refractivity contribution in [1.82, 2.24) is 0 Å². The molecule has 38 heavy (non-hydrogen) atoms. The van der Waals surface area contributed by atoms with E-state index in [2.05, 4.69) is 124 Å². The van der Waals surface area contributed by atoms with E-state index in [1.165, 1.54) is 49.7 Å². The molecule has 2 aliphatic rings. The third kappa shape index (κ3) is 4.34. The predicted molar refractivity (Wildman–Crippen MR) is 149 cm³/mol. The summed E-state index contributed by atoms with van der Waals surface area (Å²) in [6.07, 6.45) is 2.50. The van der Waals surface area contributed by atoms with Crippen molar-refractivity contribution >= 4 is 16.8 Å². The van der Waals surface area contributed by atoms with Crippen LogP contribution in [0.3, 0.4) is 0 Å². The summed E-state index contributed by atoms with van der Waals surface area (Å²) < 4.78 is 1.20. The van der Waals surface area contributed by atoms with Crippen molar-refractivity contribution in [3.05, 3.63) is 136 Å². The first-order chi connectivity index (χ1) is 17.6. The molecule has 0 N–H and O–H groups in total. The van der Waals surface area contributed by atoms with Crippen LogP contribution < -0.4 is 24.8 Å². The van der Waals surface area contributed by atoms with E-state index in [0.29, 0.717) is 7.25 Å². The Morgan fingerprint density at radius 2 is 1.13 bits per heavy atom. The normalized spacial score (nSPS) is 15.0. The Morgan fingerprint density at radius 1 is 0.526 bits per heavy atom. The zero-order chi connectivity index (χ0) is 24.4. The summed E-state index contributed by atoms with van der Waals surface area (Å²) in [6.45, 7) is 6.86. The first-order valence-electron chi connectivity index (χ1n) is 12.9. The van der Waals surface area contributed by atoms with Crippen molar-refractivity contribution in [3.8, 4) is 22.3 Å². The van der Waals surface area contributed by atoms with Crippen LogP contribution in [0.2, 0.25) is 0 Å². The smallest absolute Gasteiger partial charge is 1.00 e. The molecule has 0 aromatic heterocycles. The van der Waals surface area contributed by atoms with E-state index in [1.807, 2.05) is 0 Å². The van der Waals surface area contributed by atoms with Crippen LogP contribution in [0.15, 0.2) is 103 Å². The molecule has 0 saturated heterocycles. The maximum Gasteiger partial charge on any atom is -1.00 e. The average Bonchev–Trinajstić information content (AvgIpc) is 3.37. The van der Waals surface area contributed by atoms with Crippen molar-refractivity contribution in [2.24, 2.45) is 0 Å². The molecule has 2 aliphatic carbocycles. The van der Waals surface area contributed by atoms with E-state index < -0.39 is 23.2 Å². The molecule has 3 heteroatoms. The Labute approximate surface area is 249 Å². The quantitative estimate of drug-likeness (QED) is 0.294. The fourth-order valence-electron chi connectivity index (χ4n) is 6.31. The molecule has 0 amide bonds. The molecule has 186 valence electrons. The Hall–Kier alpha value is -2.44. The van der Waals surface area contributed by atoms with Crippen LogP contribution in [0.25, 0.3) is 39.1 Å². The second-order valence-electron chi connectivity index (χ2n) is 10.4. The van der Waals surface area contributed by atoms with E-state index in [1.54, 1.807) is 22.3 Å². The first kappa shape index (κ1) is 27.1. The second-order valence-corrected chi connectivity index (χ2v) is 14.1. The van der Waals surface area contributed by atoms with Gasteiger partial charge in [-0.2, -0.15) is 0 Å². The topological polar surface area (TPSA) is 0 Å². The van der Waals surface area contributed by atoms with Gasteiger partial charge in [-0.1, -0.05) is 0 Å². The summed E-state index contributed by atoms with van der Waals surface area (Å²) in [6, 6.07) is 36.7. The number of fused-ring (bicyclic) bond motifs is 5. The molecule has 7 rings (SSSR count). The van der Waals surface area contributed by atoms with Gasteiger partial charge in [-0.3, -0.25) is 0 Å². The molecule has 0 fully saturated rings. The summed E-state index contributed by atoms with van der Waals surface area (Å²) >= 11 is -0.918. The van der Waals surface area contributed by atoms with E-state index in [4.69, 9.17) is 0 Å². The maximum atomic E-state index is 2.50. The van der Waals surface area contributed by atoms with Crippen molar-refractivity contribution in [1.29, 1.82) is 0 Å². The molecule has 5 aromatic carbocycles. The Morgan fingerprint density at radius 3 is 1.84 bits per heavy atom. The SMILES string of the molecule is CC1=Cc2c(-c3cccc4ccccc34)cccc2[CH]1[Zr+2][CH]1c2cc(C)ccc2-c2ccc(C)cc21.[Cl-].[Cl-]. The first-order valence-corrected chi connectivity index (χ1v) is 15.7. The molecule has 0 spiro atoms. The standard InChI is InChI=1S/C20H15.C15H13.2ClH.Zr/c1-14-12-16-8-5-11-19(20(16)13-14)18-10-4-7-15-6-2-3-9-17(15)18;1-10-3-5-14-12(7-10)9-13-8-11(2)4-6-15(13)14;;;/h2-13H,1H3;3-9H,1-2H3;2*1H;/q;;;;+2/p-2. The number of rotatable bonds is 3. The van der Waals surface area contributed by atoms with Gasteiger partial charge in [0.15, 0.2) is 0 Å². The van der Waals surface area contributed by atoms with Gasteiger partial charge in [0.2, 0.25) is 0 Å². The zero-order valence-electron chi connectivity index (χ0n) is 21.7. The number of aryl methyl sites for hydroxylation is 2. The van der Waals surface area contributed by atoms with Crippen LogP contribution in [0.5, 0.6) is 0 Å². The molecule has 0 heterocycles. The van der Waals surface area contributed by atoms with Crippen molar-refractivity contribution in [2.45, 2.75) is 28.0 Å². The molecular weight excluding hydrogens is 583 g/mol. The summed E-state index contributed by atoms with van der Waals surface area (Å²) in [5.41, 5.74) is 16.1. The van der Waals surface area contributed by atoms with Crippen LogP contribution in [-0.2, 0) is 23.2 Å². The van der Waals surface area contributed by atoms with Crippen molar-refractivity contribution in [3.63, 3.8) is 0 Å². The summed E-state index contributed by atoms with van der Waals surface area (Å²) in [7, 11) is 0. The second kappa shape index (κ2) is 10.6. The summed E-state index contributed by atoms with van der Waals surface area (Å²) in [5.74, 6) is 0. The van der Waals surface area contributed by atoms with Gasteiger partial charge in [0.05, 0.1) is 0 Å². The third-order valence-corrected chi connectivity index (χ3v) is 13.1. The molecular formula is C35H28Cl2Zr. The van der Waals surface area contributed by atoms with Gasteiger partial charge in [-0.25, -0.2) is 0 Å². The van der Waals surface area contributed by atoms with Gasteiger partial charge < -0.3 is 24.8 Å². The monoisotopic (exact) mass is 608 g/mol. The van der Waals surface area contributed by atoms with Crippen LogP contribution in [0.4, 0.5) is 0 Å². The van der Waals surface area contributed by atoms with Crippen LogP contribution in [0, 0.1) is 13.8 Å². The molecule has 1 unspecified atom stereocenters. The van der Waals surface area contributed by atoms with E-state index >= 15 is 0 Å². The van der Waals surface area contributed by atoms with Gasteiger partial charge >= 0.3 is 226 Å². The van der Waals surface area contributed by atoms with E-state index in [9.17, 15) is 0 Å². The van der Waals surface area contributed by atoms with Gasteiger partial charge in [0, 0.05) is 0 Å². The molecule has 5 aromatic rings. The van der Waals surface area contributed by atoms with Crippen molar-refractivity contribution in [2.75, 3.05) is 0 Å². The minimum Gasteiger partial charge on any atom is -1.00 e. The average molecular weight is 611 g/mol. The molecule has 0 aliphatic heterocycles. The fraction of sp³-hybridized carbons (Fsp3) is 0.143. The molecule has 0 bridgehead atoms. The van der Waals surface area contributed by atoms with Gasteiger partial charge in [-0.15, -0.1) is 0 Å². The van der Waals surface area contributed by atoms with Gasteiger partial charge in [0.25, 0.3) is 0 Å². The molecule has 1 atom stereocenters. The number of hydrogen-bond acceptors (Lipinski definition) is 0. The van der Waals surface area contributed by atoms with Crippen LogP contribution >= 0.6 is 0 Å². The fourth-order valence-corrected chi connectivity index (χ4v) is 11.1. The Balaban J connectivity index is 0.00000147. The van der Waals surface area contributed by atoms with Crippen LogP contribution in [0.1, 0.15) is 47.6 Å². The van der Waals surface area contributed by atoms with Gasteiger partial charge in [-0.05, 0) is 0 Å². The number of allylic oxidation sites excluding steroid dienone is 1. The Kier molecular flexibility index (Phi) is 7.58. The van der Waals surface area contributed by atoms with Crippen LogP contribution in [-0.4, -0.2) is 0 Å². The van der Waals surface area contributed by atoms with Crippen molar-refractivity contribution < 1.29 is 48.0 Å². The molecule has 0 radical (unpaired) electrons. The van der Waals surface area contributed by atoms with Gasteiger partial charge in [0.1, 0.15) is 0 Å². The number of halogens is 2. The zero-order valence-corrected chi connectivity index (χ0v) is 25.7. The molecule has 0 saturated carbocycles. The van der Waals surface area contributed by atoms with E-state index in [0.717, 1.165) is 0 Å². The van der Waals surface area contributed by atoms with E-state index in [-0.39, 0.29) is 24.8 Å². The summed E-state index contributed by atoms with van der Waals surface area (Å²) in [5, 5.41) is 2.65. The molecule has 0 nitrogen and oxygen atoms in total. The number of benzene rings is 5. The predicted octanol–water partition coefficient (Wildman–Crippen LogP) is 3.44. The number of hydrogen-bond donors (Lipinski definition) is 0. The minimum atomic E-state index is -0.918. The third-order valence-electron chi connectivity index (χ3n) is 8.02. The Bertz CT molecular complexity index is 1660. The maximum absolute atomic E-state index is 2.50. The largest absolute Gasteiger partial charge is 1.00 e. The summed E-state index contributed by atoms with van der Waals surface area (Å²) in [4.78, 5) is 0. The minimum absolute atomic E-state index is 0.